The highest BCUT2D eigenvalue weighted by Crippen LogP contribution is 2.29. The zero-order valence-corrected chi connectivity index (χ0v) is 12.2. The molecule has 8 heteroatoms. The van der Waals surface area contributed by atoms with E-state index in [9.17, 15) is 13.2 Å². The van der Waals surface area contributed by atoms with Crippen LogP contribution >= 0.6 is 0 Å². The van der Waals surface area contributed by atoms with Crippen LogP contribution in [0, 0.1) is 0 Å². The van der Waals surface area contributed by atoms with Crippen LogP contribution < -0.4 is 4.74 Å². The van der Waals surface area contributed by atoms with Gasteiger partial charge in [0, 0.05) is 12.6 Å². The van der Waals surface area contributed by atoms with E-state index in [1.165, 1.54) is 25.3 Å². The smallest absolute Gasteiger partial charge is 0.328 e. The summed E-state index contributed by atoms with van der Waals surface area (Å²) < 4.78 is 31.0. The number of nitrogens with zero attached hydrogens (tertiary/aromatic N) is 1. The van der Waals surface area contributed by atoms with E-state index in [2.05, 4.69) is 0 Å². The molecule has 0 radical (unpaired) electrons. The predicted octanol–water partition coefficient (Wildman–Crippen LogP) is 1.12. The zero-order valence-electron chi connectivity index (χ0n) is 11.4. The minimum absolute atomic E-state index is 0.0561. The van der Waals surface area contributed by atoms with Crippen LogP contribution in [0.4, 0.5) is 0 Å². The van der Waals surface area contributed by atoms with Crippen LogP contribution in [-0.2, 0) is 19.7 Å². The Morgan fingerprint density at radius 1 is 1.48 bits per heavy atom. The molecule has 1 aromatic rings. The number of ether oxygens (including phenoxy) is 1. The third-order valence-corrected chi connectivity index (χ3v) is 4.57. The second-order valence-corrected chi connectivity index (χ2v) is 6.10. The maximum Gasteiger partial charge on any atom is 0.328 e. The first-order chi connectivity index (χ1) is 9.95. The van der Waals surface area contributed by atoms with E-state index in [0.29, 0.717) is 18.6 Å². The Bertz CT molecular complexity index is 661. The van der Waals surface area contributed by atoms with Crippen LogP contribution in [0.2, 0.25) is 0 Å². The normalized spacial score (nSPS) is 16.4. The summed E-state index contributed by atoms with van der Waals surface area (Å²) in [6.07, 6.45) is 2.87. The van der Waals surface area contributed by atoms with E-state index in [4.69, 9.17) is 14.7 Å². The monoisotopic (exact) mass is 313 g/mol. The van der Waals surface area contributed by atoms with Gasteiger partial charge in [0.05, 0.1) is 13.7 Å². The van der Waals surface area contributed by atoms with Gasteiger partial charge in [0.1, 0.15) is 10.6 Å². The second kappa shape index (κ2) is 6.25. The van der Waals surface area contributed by atoms with Crippen LogP contribution in [0.5, 0.6) is 5.75 Å². The highest BCUT2D eigenvalue weighted by Gasteiger charge is 2.31. The summed E-state index contributed by atoms with van der Waals surface area (Å²) in [6.45, 7) is 0.626. The molecule has 1 N–H and O–H groups in total. The maximum absolute atomic E-state index is 12.5. The van der Waals surface area contributed by atoms with Gasteiger partial charge in [-0.25, -0.2) is 13.2 Å². The number of carboxylic acids is 1. The van der Waals surface area contributed by atoms with E-state index in [-0.39, 0.29) is 17.2 Å². The lowest BCUT2D eigenvalue weighted by molar-refractivity contribution is -0.131. The molecule has 1 heterocycles. The lowest BCUT2D eigenvalue weighted by Gasteiger charge is -2.16. The Kier molecular flexibility index (Phi) is 4.61. The number of hydrogen-bond acceptors (Lipinski definition) is 5. The van der Waals surface area contributed by atoms with E-state index >= 15 is 0 Å². The first-order valence-corrected chi connectivity index (χ1v) is 7.64. The minimum Gasteiger partial charge on any atom is -0.495 e. The van der Waals surface area contributed by atoms with E-state index in [0.717, 1.165) is 10.5 Å². The molecule has 0 atom stereocenters. The zero-order chi connectivity index (χ0) is 15.5. The molecule has 2 rings (SSSR count). The highest BCUT2D eigenvalue weighted by molar-refractivity contribution is 7.89. The summed E-state index contributed by atoms with van der Waals surface area (Å²) in [6, 6.07) is 4.40. The Morgan fingerprint density at radius 3 is 2.81 bits per heavy atom. The third-order valence-electron chi connectivity index (χ3n) is 2.87. The first kappa shape index (κ1) is 15.5. The summed E-state index contributed by atoms with van der Waals surface area (Å²) in [7, 11) is -2.47. The fourth-order valence-corrected chi connectivity index (χ4v) is 3.38. The Hall–Kier alpha value is -1.90. The SMILES string of the molecule is COc1ccc(/C=C/C(=O)O)cc1S(=O)(=O)N1CCCO1. The van der Waals surface area contributed by atoms with Gasteiger partial charge in [0.2, 0.25) is 0 Å². The Balaban J connectivity index is 2.44. The fourth-order valence-electron chi connectivity index (χ4n) is 1.89. The van der Waals surface area contributed by atoms with E-state index in [1.54, 1.807) is 6.07 Å². The topological polar surface area (TPSA) is 93.1 Å². The van der Waals surface area contributed by atoms with Crippen molar-refractivity contribution in [3.05, 3.63) is 29.8 Å². The molecule has 0 aromatic heterocycles. The van der Waals surface area contributed by atoms with Gasteiger partial charge < -0.3 is 9.84 Å². The lowest BCUT2D eigenvalue weighted by atomic mass is 10.2. The molecule has 21 heavy (non-hydrogen) atoms. The van der Waals surface area contributed by atoms with Crippen LogP contribution in [-0.4, -0.2) is 44.2 Å². The lowest BCUT2D eigenvalue weighted by Crippen LogP contribution is -2.27. The van der Waals surface area contributed by atoms with Crippen molar-refractivity contribution in [2.24, 2.45) is 0 Å². The molecule has 0 spiro atoms. The molecule has 0 aliphatic carbocycles. The van der Waals surface area contributed by atoms with Crippen LogP contribution in [0.15, 0.2) is 29.2 Å². The number of sulfonamides is 1. The van der Waals surface area contributed by atoms with Crippen LogP contribution in [0.25, 0.3) is 6.08 Å². The second-order valence-electron chi connectivity index (χ2n) is 4.30. The summed E-state index contributed by atoms with van der Waals surface area (Å²) in [5, 5.41) is 8.62. The number of rotatable bonds is 5. The van der Waals surface area contributed by atoms with Gasteiger partial charge in [-0.05, 0) is 30.2 Å². The van der Waals surface area contributed by atoms with Gasteiger partial charge in [-0.1, -0.05) is 10.5 Å². The third kappa shape index (κ3) is 3.41. The molecule has 0 saturated carbocycles. The van der Waals surface area contributed by atoms with Crippen LogP contribution in [0.1, 0.15) is 12.0 Å². The molecule has 7 nitrogen and oxygen atoms in total. The summed E-state index contributed by atoms with van der Waals surface area (Å²) in [4.78, 5) is 15.6. The van der Waals surface area contributed by atoms with Gasteiger partial charge >= 0.3 is 5.97 Å². The Morgan fingerprint density at radius 2 is 2.24 bits per heavy atom. The Labute approximate surface area is 122 Å². The average molecular weight is 313 g/mol. The predicted molar refractivity (Wildman–Crippen MR) is 74.1 cm³/mol. The standard InChI is InChI=1S/C13H15NO6S/c1-19-11-5-3-10(4-6-13(15)16)9-12(11)21(17,18)14-7-2-8-20-14/h3-6,9H,2,7-8H2,1H3,(H,15,16)/b6-4+. The molecule has 1 fully saturated rings. The van der Waals surface area contributed by atoms with Crippen molar-refractivity contribution in [1.29, 1.82) is 0 Å². The number of hydroxylamine groups is 1. The van der Waals surface area contributed by atoms with Crippen molar-refractivity contribution in [2.45, 2.75) is 11.3 Å². The highest BCUT2D eigenvalue weighted by atomic mass is 32.2. The van der Waals surface area contributed by atoms with Crippen molar-refractivity contribution < 1.29 is 27.9 Å². The molecule has 0 unspecified atom stereocenters. The van der Waals surface area contributed by atoms with Crippen molar-refractivity contribution in [3.8, 4) is 5.75 Å². The van der Waals surface area contributed by atoms with Gasteiger partial charge in [-0.2, -0.15) is 0 Å². The molecule has 114 valence electrons. The number of benzene rings is 1. The number of carboxylic acid groups (broad SMARTS) is 1. The number of carbonyl (C=O) groups is 1. The quantitative estimate of drug-likeness (QED) is 0.819. The molecule has 0 amide bonds. The first-order valence-electron chi connectivity index (χ1n) is 6.20. The minimum atomic E-state index is -3.84. The van der Waals surface area contributed by atoms with Gasteiger partial charge in [-0.3, -0.25) is 4.84 Å². The van der Waals surface area contributed by atoms with Crippen molar-refractivity contribution in [1.82, 2.24) is 4.47 Å². The molecular weight excluding hydrogens is 298 g/mol. The van der Waals surface area contributed by atoms with Crippen LogP contribution in [0.3, 0.4) is 0 Å². The molecule has 1 aliphatic rings. The molecule has 0 bridgehead atoms. The van der Waals surface area contributed by atoms with Gasteiger partial charge in [-0.15, -0.1) is 0 Å². The summed E-state index contributed by atoms with van der Waals surface area (Å²) in [5.41, 5.74) is 0.441. The number of hydrogen-bond donors (Lipinski definition) is 1. The molecular formula is C13H15NO6S. The fraction of sp³-hybridized carbons (Fsp3) is 0.308. The van der Waals surface area contributed by atoms with Gasteiger partial charge in [0.25, 0.3) is 10.0 Å². The summed E-state index contributed by atoms with van der Waals surface area (Å²) >= 11 is 0. The molecule has 1 aliphatic heterocycles. The molecule has 1 aromatic carbocycles. The van der Waals surface area contributed by atoms with E-state index in [1.807, 2.05) is 0 Å². The largest absolute Gasteiger partial charge is 0.495 e. The van der Waals surface area contributed by atoms with Crippen molar-refractivity contribution >= 4 is 22.1 Å². The summed E-state index contributed by atoms with van der Waals surface area (Å²) in [5.74, 6) is -0.934. The number of methoxy groups -OCH3 is 1. The average Bonchev–Trinajstić information content (AvgIpc) is 2.99. The van der Waals surface area contributed by atoms with Crippen molar-refractivity contribution in [2.75, 3.05) is 20.3 Å². The van der Waals surface area contributed by atoms with E-state index < -0.39 is 16.0 Å². The maximum atomic E-state index is 12.5. The number of aliphatic carboxylic acids is 1. The van der Waals surface area contributed by atoms with Gasteiger partial charge in [0.15, 0.2) is 0 Å². The molecule has 1 saturated heterocycles. The van der Waals surface area contributed by atoms with Crippen molar-refractivity contribution in [3.63, 3.8) is 0 Å².